The molecule has 0 aromatic heterocycles. The highest BCUT2D eigenvalue weighted by Gasteiger charge is 2.24. The van der Waals surface area contributed by atoms with Crippen LogP contribution in [0.2, 0.25) is 0 Å². The van der Waals surface area contributed by atoms with Gasteiger partial charge in [-0.2, -0.15) is 0 Å². The van der Waals surface area contributed by atoms with Gasteiger partial charge in [0.1, 0.15) is 0 Å². The van der Waals surface area contributed by atoms with Crippen molar-refractivity contribution < 1.29 is 0 Å². The average Bonchev–Trinajstić information content (AvgIpc) is 2.33. The molecule has 64 valence electrons. The summed E-state index contributed by atoms with van der Waals surface area (Å²) in [5, 5.41) is 3.50. The number of fused-ring (bicyclic) bond motifs is 1. The number of nitrogens with one attached hydrogen (secondary N) is 1. The van der Waals surface area contributed by atoms with E-state index in [-0.39, 0.29) is 0 Å². The van der Waals surface area contributed by atoms with Crippen molar-refractivity contribution in [2.24, 2.45) is 5.92 Å². The first-order valence-corrected chi connectivity index (χ1v) is 4.59. The molecule has 1 N–H and O–H groups in total. The summed E-state index contributed by atoms with van der Waals surface area (Å²) in [7, 11) is 0. The van der Waals surface area contributed by atoms with Crippen LogP contribution in [-0.2, 0) is 0 Å². The quantitative estimate of drug-likeness (QED) is 0.575. The molecule has 0 spiro atoms. The molecule has 0 radical (unpaired) electrons. The number of allylic oxidation sites excluding steroid dienone is 4. The van der Waals surface area contributed by atoms with Gasteiger partial charge in [-0.15, -0.1) is 0 Å². The average molecular weight is 161 g/mol. The van der Waals surface area contributed by atoms with Gasteiger partial charge in [0.2, 0.25) is 0 Å². The monoisotopic (exact) mass is 161 g/mol. The van der Waals surface area contributed by atoms with Gasteiger partial charge < -0.3 is 5.32 Å². The van der Waals surface area contributed by atoms with Crippen LogP contribution in [-0.4, -0.2) is 6.04 Å². The van der Waals surface area contributed by atoms with Crippen LogP contribution in [0.5, 0.6) is 0 Å². The molecule has 0 aromatic rings. The molecule has 1 nitrogen and oxygen atoms in total. The Morgan fingerprint density at radius 1 is 1.50 bits per heavy atom. The van der Waals surface area contributed by atoms with Crippen molar-refractivity contribution in [1.29, 1.82) is 0 Å². The van der Waals surface area contributed by atoms with Gasteiger partial charge in [0, 0.05) is 5.70 Å². The fourth-order valence-corrected chi connectivity index (χ4v) is 1.94. The lowest BCUT2D eigenvalue weighted by Gasteiger charge is -2.19. The number of hydrogen-bond donors (Lipinski definition) is 1. The second-order valence-corrected chi connectivity index (χ2v) is 3.76. The molecule has 2 rings (SSSR count). The van der Waals surface area contributed by atoms with Crippen LogP contribution in [0.1, 0.15) is 20.3 Å². The van der Waals surface area contributed by atoms with Crippen molar-refractivity contribution in [2.45, 2.75) is 26.3 Å². The van der Waals surface area contributed by atoms with E-state index in [1.165, 1.54) is 17.7 Å². The van der Waals surface area contributed by atoms with Gasteiger partial charge in [-0.1, -0.05) is 25.2 Å². The highest BCUT2D eigenvalue weighted by atomic mass is 15.0. The lowest BCUT2D eigenvalue weighted by molar-refractivity contribution is 0.474. The van der Waals surface area contributed by atoms with Gasteiger partial charge in [-0.25, -0.2) is 0 Å². The van der Waals surface area contributed by atoms with E-state index in [0.29, 0.717) is 12.0 Å². The van der Waals surface area contributed by atoms with E-state index in [2.05, 4.69) is 43.5 Å². The van der Waals surface area contributed by atoms with Crippen LogP contribution >= 0.6 is 0 Å². The summed E-state index contributed by atoms with van der Waals surface area (Å²) in [5.41, 5.74) is 2.74. The first kappa shape index (κ1) is 7.66. The lowest BCUT2D eigenvalue weighted by Crippen LogP contribution is -2.29. The molecule has 12 heavy (non-hydrogen) atoms. The summed E-state index contributed by atoms with van der Waals surface area (Å²) in [5.74, 6) is 0.712. The Balaban J connectivity index is 2.29. The molecule has 1 heteroatoms. The molecule has 1 aliphatic heterocycles. The fourth-order valence-electron chi connectivity index (χ4n) is 1.94. The zero-order chi connectivity index (χ0) is 8.55. The Morgan fingerprint density at radius 2 is 2.33 bits per heavy atom. The highest BCUT2D eigenvalue weighted by molar-refractivity contribution is 5.38. The summed E-state index contributed by atoms with van der Waals surface area (Å²) in [6, 6.07) is 0.556. The van der Waals surface area contributed by atoms with E-state index in [1.807, 2.05) is 0 Å². The van der Waals surface area contributed by atoms with Gasteiger partial charge in [0.05, 0.1) is 6.04 Å². The molecular weight excluding hydrogens is 146 g/mol. The van der Waals surface area contributed by atoms with E-state index >= 15 is 0 Å². The Morgan fingerprint density at radius 3 is 3.17 bits per heavy atom. The summed E-state index contributed by atoms with van der Waals surface area (Å²) < 4.78 is 0. The molecule has 0 saturated carbocycles. The minimum absolute atomic E-state index is 0.556. The highest BCUT2D eigenvalue weighted by Crippen LogP contribution is 2.26. The molecule has 0 bridgehead atoms. The topological polar surface area (TPSA) is 12.0 Å². The van der Waals surface area contributed by atoms with E-state index in [4.69, 9.17) is 0 Å². The predicted molar refractivity (Wildman–Crippen MR) is 51.7 cm³/mol. The smallest absolute Gasteiger partial charge is 0.0539 e. The van der Waals surface area contributed by atoms with E-state index in [9.17, 15) is 0 Å². The van der Waals surface area contributed by atoms with Gasteiger partial charge in [0.25, 0.3) is 0 Å². The first-order valence-electron chi connectivity index (χ1n) is 4.59. The standard InChI is InChI=1S/C11H15N/c1-8-5-3-4-6-10-7-9(2)12-11(8)10/h3-4,6-8,11-12H,5H2,1-2H3. The summed E-state index contributed by atoms with van der Waals surface area (Å²) in [4.78, 5) is 0. The molecule has 2 unspecified atom stereocenters. The molecule has 2 atom stereocenters. The van der Waals surface area contributed by atoms with Crippen LogP contribution in [0, 0.1) is 5.92 Å². The van der Waals surface area contributed by atoms with Gasteiger partial charge in [-0.05, 0) is 30.9 Å². The second kappa shape index (κ2) is 2.81. The summed E-state index contributed by atoms with van der Waals surface area (Å²) in [6.07, 6.45) is 10.1. The fraction of sp³-hybridized carbons (Fsp3) is 0.455. The Labute approximate surface area is 73.9 Å². The Bertz CT molecular complexity index is 271. The second-order valence-electron chi connectivity index (χ2n) is 3.76. The van der Waals surface area contributed by atoms with Crippen LogP contribution in [0.15, 0.2) is 35.6 Å². The molecule has 0 amide bonds. The largest absolute Gasteiger partial charge is 0.381 e. The Kier molecular flexibility index (Phi) is 1.80. The molecule has 0 saturated heterocycles. The third-order valence-corrected chi connectivity index (χ3v) is 2.63. The van der Waals surface area contributed by atoms with Gasteiger partial charge in [-0.3, -0.25) is 0 Å². The maximum Gasteiger partial charge on any atom is 0.0539 e. The lowest BCUT2D eigenvalue weighted by atomic mass is 9.95. The van der Waals surface area contributed by atoms with Crippen molar-refractivity contribution in [3.8, 4) is 0 Å². The molecule has 1 aliphatic carbocycles. The third-order valence-electron chi connectivity index (χ3n) is 2.63. The van der Waals surface area contributed by atoms with Crippen molar-refractivity contribution >= 4 is 0 Å². The van der Waals surface area contributed by atoms with Crippen molar-refractivity contribution in [3.05, 3.63) is 35.6 Å². The minimum atomic E-state index is 0.556. The summed E-state index contributed by atoms with van der Waals surface area (Å²) >= 11 is 0. The van der Waals surface area contributed by atoms with Crippen molar-refractivity contribution in [2.75, 3.05) is 0 Å². The Hall–Kier alpha value is -0.980. The van der Waals surface area contributed by atoms with Gasteiger partial charge in [0.15, 0.2) is 0 Å². The molecule has 2 aliphatic rings. The minimum Gasteiger partial charge on any atom is -0.381 e. The van der Waals surface area contributed by atoms with E-state index < -0.39 is 0 Å². The first-order chi connectivity index (χ1) is 5.77. The molecule has 1 heterocycles. The maximum atomic E-state index is 3.50. The zero-order valence-corrected chi connectivity index (χ0v) is 7.67. The van der Waals surface area contributed by atoms with Crippen LogP contribution in [0.3, 0.4) is 0 Å². The third kappa shape index (κ3) is 1.20. The van der Waals surface area contributed by atoms with Crippen LogP contribution in [0.25, 0.3) is 0 Å². The number of rotatable bonds is 0. The normalized spacial score (nSPS) is 33.2. The molecule has 0 aromatic carbocycles. The van der Waals surface area contributed by atoms with Gasteiger partial charge >= 0.3 is 0 Å². The molecular formula is C11H15N. The zero-order valence-electron chi connectivity index (χ0n) is 7.67. The van der Waals surface area contributed by atoms with E-state index in [1.54, 1.807) is 0 Å². The summed E-state index contributed by atoms with van der Waals surface area (Å²) in [6.45, 7) is 4.43. The maximum absolute atomic E-state index is 3.50. The SMILES string of the molecule is CC1=CC2=CC=CCC(C)C2N1. The number of hydrogen-bond acceptors (Lipinski definition) is 1. The van der Waals surface area contributed by atoms with Crippen LogP contribution in [0.4, 0.5) is 0 Å². The van der Waals surface area contributed by atoms with Crippen molar-refractivity contribution in [3.63, 3.8) is 0 Å². The van der Waals surface area contributed by atoms with E-state index in [0.717, 1.165) is 0 Å². The van der Waals surface area contributed by atoms with Crippen molar-refractivity contribution in [1.82, 2.24) is 5.32 Å². The van der Waals surface area contributed by atoms with Crippen LogP contribution < -0.4 is 5.32 Å². The predicted octanol–water partition coefficient (Wildman–Crippen LogP) is 2.38. The molecule has 0 fully saturated rings.